The van der Waals surface area contributed by atoms with Crippen LogP contribution in [-0.2, 0) is 11.3 Å². The van der Waals surface area contributed by atoms with Gasteiger partial charge in [-0.3, -0.25) is 9.69 Å². The first-order valence-electron chi connectivity index (χ1n) is 9.96. The normalized spacial score (nSPS) is 22.1. The smallest absolute Gasteiger partial charge is 0.323 e. The SMILES string of the molecule is Cl.O=C(O)Cn1c2ccccc2c2ccc(OCC=C3CN4CCC3CC4)cc21. The largest absolute Gasteiger partial charge is 0.489 e. The summed E-state index contributed by atoms with van der Waals surface area (Å²) in [6, 6.07) is 13.9. The molecule has 6 heteroatoms. The molecule has 3 aromatic rings. The molecule has 3 saturated heterocycles. The number of carbonyl (C=O) groups is 1. The summed E-state index contributed by atoms with van der Waals surface area (Å²) in [6.07, 6.45) is 4.78. The van der Waals surface area contributed by atoms with Gasteiger partial charge in [0.05, 0.1) is 5.52 Å². The first-order valence-corrected chi connectivity index (χ1v) is 9.96. The van der Waals surface area contributed by atoms with Crippen LogP contribution >= 0.6 is 12.4 Å². The first-order chi connectivity index (χ1) is 13.7. The maximum atomic E-state index is 11.4. The van der Waals surface area contributed by atoms with E-state index in [0.29, 0.717) is 6.61 Å². The fraction of sp³-hybridized carbons (Fsp3) is 0.348. The van der Waals surface area contributed by atoms with E-state index < -0.39 is 5.97 Å². The lowest BCUT2D eigenvalue weighted by Gasteiger charge is -2.41. The molecule has 3 aliphatic heterocycles. The Morgan fingerprint density at radius 1 is 1.10 bits per heavy atom. The van der Waals surface area contributed by atoms with Crippen molar-refractivity contribution in [2.75, 3.05) is 26.2 Å². The number of fused-ring (bicyclic) bond motifs is 6. The Balaban J connectivity index is 0.00000205. The number of piperidine rings is 3. The fourth-order valence-electron chi connectivity index (χ4n) is 4.75. The van der Waals surface area contributed by atoms with Gasteiger partial charge in [-0.1, -0.05) is 23.8 Å². The molecule has 29 heavy (non-hydrogen) atoms. The van der Waals surface area contributed by atoms with Crippen molar-refractivity contribution in [3.8, 4) is 5.75 Å². The highest BCUT2D eigenvalue weighted by atomic mass is 35.5. The molecule has 3 fully saturated rings. The first kappa shape index (κ1) is 19.8. The molecule has 0 atom stereocenters. The van der Waals surface area contributed by atoms with Gasteiger partial charge in [-0.15, -0.1) is 12.4 Å². The Morgan fingerprint density at radius 3 is 2.59 bits per heavy atom. The zero-order valence-corrected chi connectivity index (χ0v) is 17.0. The molecule has 1 N–H and O–H groups in total. The lowest BCUT2D eigenvalue weighted by atomic mass is 9.84. The molecule has 152 valence electrons. The minimum Gasteiger partial charge on any atom is -0.489 e. The topological polar surface area (TPSA) is 54.7 Å². The lowest BCUT2D eigenvalue weighted by Crippen LogP contribution is -2.43. The van der Waals surface area contributed by atoms with Crippen LogP contribution in [0.5, 0.6) is 5.75 Å². The third-order valence-corrected chi connectivity index (χ3v) is 6.15. The molecule has 0 saturated carbocycles. The van der Waals surface area contributed by atoms with Crippen molar-refractivity contribution >= 4 is 40.2 Å². The number of rotatable bonds is 5. The third-order valence-electron chi connectivity index (χ3n) is 6.15. The molecule has 1 aromatic heterocycles. The fourth-order valence-corrected chi connectivity index (χ4v) is 4.75. The van der Waals surface area contributed by atoms with Gasteiger partial charge in [0.25, 0.3) is 0 Å². The van der Waals surface area contributed by atoms with E-state index in [1.807, 2.05) is 47.0 Å². The van der Waals surface area contributed by atoms with Crippen LogP contribution in [-0.4, -0.2) is 46.8 Å². The second-order valence-electron chi connectivity index (χ2n) is 7.82. The van der Waals surface area contributed by atoms with E-state index >= 15 is 0 Å². The van der Waals surface area contributed by atoms with Gasteiger partial charge in [0.15, 0.2) is 0 Å². The summed E-state index contributed by atoms with van der Waals surface area (Å²) in [5.74, 6) is 0.662. The van der Waals surface area contributed by atoms with Crippen molar-refractivity contribution in [2.24, 2.45) is 5.92 Å². The Hall–Kier alpha value is -2.50. The highest BCUT2D eigenvalue weighted by Gasteiger charge is 2.29. The van der Waals surface area contributed by atoms with Gasteiger partial charge < -0.3 is 14.4 Å². The molecule has 6 rings (SSSR count). The number of benzene rings is 2. The maximum absolute atomic E-state index is 11.4. The zero-order chi connectivity index (χ0) is 19.1. The van der Waals surface area contributed by atoms with Crippen LogP contribution in [0, 0.1) is 5.92 Å². The third kappa shape index (κ3) is 3.72. The molecular weight excluding hydrogens is 388 g/mol. The molecule has 2 aromatic carbocycles. The number of nitrogens with zero attached hydrogens (tertiary/aromatic N) is 2. The summed E-state index contributed by atoms with van der Waals surface area (Å²) in [5.41, 5.74) is 3.35. The number of hydrogen-bond acceptors (Lipinski definition) is 3. The van der Waals surface area contributed by atoms with Gasteiger partial charge in [0, 0.05) is 28.9 Å². The minimum atomic E-state index is -0.846. The average Bonchev–Trinajstić information content (AvgIpc) is 3.02. The molecule has 0 aliphatic carbocycles. The monoisotopic (exact) mass is 412 g/mol. The van der Waals surface area contributed by atoms with Crippen LogP contribution in [0.2, 0.25) is 0 Å². The van der Waals surface area contributed by atoms with Crippen LogP contribution in [0.3, 0.4) is 0 Å². The second-order valence-corrected chi connectivity index (χ2v) is 7.82. The van der Waals surface area contributed by atoms with Crippen LogP contribution < -0.4 is 4.74 Å². The number of aromatic nitrogens is 1. The van der Waals surface area contributed by atoms with E-state index in [-0.39, 0.29) is 19.0 Å². The summed E-state index contributed by atoms with van der Waals surface area (Å²) in [4.78, 5) is 13.9. The van der Waals surface area contributed by atoms with Crippen molar-refractivity contribution in [1.29, 1.82) is 0 Å². The highest BCUT2D eigenvalue weighted by Crippen LogP contribution is 2.33. The van der Waals surface area contributed by atoms with Gasteiger partial charge in [0.1, 0.15) is 18.9 Å². The van der Waals surface area contributed by atoms with Gasteiger partial charge in [-0.2, -0.15) is 0 Å². The predicted molar refractivity (Wildman–Crippen MR) is 117 cm³/mol. The number of halogens is 1. The van der Waals surface area contributed by atoms with E-state index in [1.54, 1.807) is 0 Å². The van der Waals surface area contributed by atoms with Crippen LogP contribution in [0.4, 0.5) is 0 Å². The average molecular weight is 413 g/mol. The van der Waals surface area contributed by atoms with E-state index in [4.69, 9.17) is 4.74 Å². The molecule has 0 spiro atoms. The van der Waals surface area contributed by atoms with E-state index in [2.05, 4.69) is 11.0 Å². The molecule has 0 radical (unpaired) electrons. The summed E-state index contributed by atoms with van der Waals surface area (Å²) < 4.78 is 7.88. The zero-order valence-electron chi connectivity index (χ0n) is 16.2. The van der Waals surface area contributed by atoms with Crippen molar-refractivity contribution in [3.63, 3.8) is 0 Å². The number of hydrogen-bond donors (Lipinski definition) is 1. The van der Waals surface area contributed by atoms with Crippen molar-refractivity contribution in [2.45, 2.75) is 19.4 Å². The van der Waals surface area contributed by atoms with Gasteiger partial charge in [-0.25, -0.2) is 0 Å². The Bertz CT molecular complexity index is 1080. The Morgan fingerprint density at radius 2 is 1.86 bits per heavy atom. The Kier molecular flexibility index (Phi) is 5.52. The predicted octanol–water partition coefficient (Wildman–Crippen LogP) is 4.33. The van der Waals surface area contributed by atoms with Crippen LogP contribution in [0.25, 0.3) is 21.8 Å². The van der Waals surface area contributed by atoms with Gasteiger partial charge in [0.2, 0.25) is 0 Å². The molecule has 4 heterocycles. The number of carboxylic acids is 1. The molecule has 5 nitrogen and oxygen atoms in total. The molecule has 3 aliphatic rings. The van der Waals surface area contributed by atoms with Gasteiger partial charge in [-0.05, 0) is 56.1 Å². The second kappa shape index (κ2) is 8.09. The molecule has 0 unspecified atom stereocenters. The van der Waals surface area contributed by atoms with E-state index in [1.165, 1.54) is 31.5 Å². The molecule has 2 bridgehead atoms. The molecule has 0 amide bonds. The summed E-state index contributed by atoms with van der Waals surface area (Å²) in [5, 5.41) is 11.5. The summed E-state index contributed by atoms with van der Waals surface area (Å²) >= 11 is 0. The minimum absolute atomic E-state index is 0. The number of aliphatic carboxylic acids is 1. The number of carboxylic acid groups (broad SMARTS) is 1. The van der Waals surface area contributed by atoms with E-state index in [9.17, 15) is 9.90 Å². The van der Waals surface area contributed by atoms with Crippen molar-refractivity contribution < 1.29 is 14.6 Å². The summed E-state index contributed by atoms with van der Waals surface area (Å²) in [7, 11) is 0. The van der Waals surface area contributed by atoms with Crippen LogP contribution in [0.15, 0.2) is 54.1 Å². The number of ether oxygens (including phenoxy) is 1. The molecular formula is C23H25ClN2O3. The van der Waals surface area contributed by atoms with Gasteiger partial charge >= 0.3 is 5.97 Å². The number of para-hydroxylation sites is 1. The quantitative estimate of drug-likeness (QED) is 0.633. The highest BCUT2D eigenvalue weighted by molar-refractivity contribution is 6.08. The van der Waals surface area contributed by atoms with Crippen molar-refractivity contribution in [3.05, 3.63) is 54.1 Å². The maximum Gasteiger partial charge on any atom is 0.323 e. The lowest BCUT2D eigenvalue weighted by molar-refractivity contribution is -0.137. The van der Waals surface area contributed by atoms with Crippen LogP contribution in [0.1, 0.15) is 12.8 Å². The van der Waals surface area contributed by atoms with E-state index in [0.717, 1.165) is 40.0 Å². The summed E-state index contributed by atoms with van der Waals surface area (Å²) in [6.45, 7) is 4.04. The Labute approximate surface area is 176 Å². The van der Waals surface area contributed by atoms with Crippen molar-refractivity contribution in [1.82, 2.24) is 9.47 Å². The standard InChI is InChI=1S/C23H24N2O3.ClH/c26-23(27)15-25-21-4-2-1-3-19(21)20-6-5-18(13-22(20)25)28-12-9-17-14-24-10-7-16(17)8-11-24;/h1-6,9,13,16H,7-8,10-12,14-15H2,(H,26,27);1H.